The number of ether oxygens (including phenoxy) is 2. The highest BCUT2D eigenvalue weighted by Gasteiger charge is 2.73. The number of rotatable bonds is 7. The van der Waals surface area contributed by atoms with Crippen LogP contribution in [0.1, 0.15) is 27.2 Å². The standard InChI is InChI=1S/C10H22O4Si/c1-6-8-13-10(9(3)14-10)15(7-2,11-4)12-5/h9H,6-8H2,1-5H3. The van der Waals surface area contributed by atoms with Crippen molar-refractivity contribution in [3.8, 4) is 0 Å². The lowest BCUT2D eigenvalue weighted by atomic mass is 10.5. The van der Waals surface area contributed by atoms with Gasteiger partial charge in [0.25, 0.3) is 0 Å². The minimum absolute atomic E-state index is 0.0792. The summed E-state index contributed by atoms with van der Waals surface area (Å²) in [6, 6.07) is 0.827. The number of hydrogen-bond acceptors (Lipinski definition) is 4. The summed E-state index contributed by atoms with van der Waals surface area (Å²) in [6.45, 7) is 6.83. The summed E-state index contributed by atoms with van der Waals surface area (Å²) >= 11 is 0. The molecule has 0 radical (unpaired) electrons. The van der Waals surface area contributed by atoms with Gasteiger partial charge < -0.3 is 18.3 Å². The molecule has 0 saturated carbocycles. The largest absolute Gasteiger partial charge is 0.402 e. The lowest BCUT2D eigenvalue weighted by Crippen LogP contribution is -2.57. The van der Waals surface area contributed by atoms with Gasteiger partial charge in [0.2, 0.25) is 5.41 Å². The number of hydrogen-bond donors (Lipinski definition) is 0. The van der Waals surface area contributed by atoms with Gasteiger partial charge in [-0.2, -0.15) is 0 Å². The van der Waals surface area contributed by atoms with Gasteiger partial charge in [-0.05, 0) is 19.4 Å². The van der Waals surface area contributed by atoms with Crippen LogP contribution in [0.5, 0.6) is 0 Å². The van der Waals surface area contributed by atoms with Crippen LogP contribution >= 0.6 is 0 Å². The van der Waals surface area contributed by atoms with Gasteiger partial charge in [0.05, 0.1) is 0 Å². The van der Waals surface area contributed by atoms with E-state index in [1.807, 2.05) is 6.92 Å². The van der Waals surface area contributed by atoms with E-state index in [2.05, 4.69) is 13.8 Å². The minimum atomic E-state index is -2.38. The highest BCUT2D eigenvalue weighted by atomic mass is 28.4. The van der Waals surface area contributed by atoms with E-state index < -0.39 is 14.0 Å². The Morgan fingerprint density at radius 1 is 1.27 bits per heavy atom. The van der Waals surface area contributed by atoms with E-state index in [0.29, 0.717) is 6.61 Å². The van der Waals surface area contributed by atoms with Crippen LogP contribution in [0.2, 0.25) is 6.04 Å². The summed E-state index contributed by atoms with van der Waals surface area (Å²) in [4.78, 5) is 0. The molecule has 2 atom stereocenters. The van der Waals surface area contributed by atoms with Gasteiger partial charge in [-0.3, -0.25) is 0 Å². The first-order valence-electron chi connectivity index (χ1n) is 5.54. The van der Waals surface area contributed by atoms with Crippen LogP contribution in [0.15, 0.2) is 0 Å². The smallest absolute Gasteiger partial charge is 0.395 e. The molecule has 1 saturated heterocycles. The third kappa shape index (κ3) is 1.99. The second kappa shape index (κ2) is 4.93. The first kappa shape index (κ1) is 13.1. The van der Waals surface area contributed by atoms with Crippen LogP contribution in [-0.4, -0.2) is 40.9 Å². The second-order valence-electron chi connectivity index (χ2n) is 3.79. The van der Waals surface area contributed by atoms with Gasteiger partial charge in [0.15, 0.2) is 0 Å². The summed E-state index contributed by atoms with van der Waals surface area (Å²) in [5.41, 5.74) is -0.582. The molecule has 0 bridgehead atoms. The van der Waals surface area contributed by atoms with Crippen molar-refractivity contribution in [2.75, 3.05) is 20.8 Å². The topological polar surface area (TPSA) is 40.2 Å². The van der Waals surface area contributed by atoms with Gasteiger partial charge in [-0.1, -0.05) is 13.8 Å². The summed E-state index contributed by atoms with van der Waals surface area (Å²) in [5.74, 6) is 0. The molecular weight excluding hydrogens is 212 g/mol. The molecule has 0 N–H and O–H groups in total. The van der Waals surface area contributed by atoms with Gasteiger partial charge >= 0.3 is 8.56 Å². The van der Waals surface area contributed by atoms with E-state index in [-0.39, 0.29) is 6.10 Å². The Morgan fingerprint density at radius 2 is 1.80 bits per heavy atom. The average Bonchev–Trinajstić information content (AvgIpc) is 2.92. The second-order valence-corrected chi connectivity index (χ2v) is 7.52. The Bertz CT molecular complexity index is 199. The van der Waals surface area contributed by atoms with Crippen LogP contribution < -0.4 is 0 Å². The van der Waals surface area contributed by atoms with E-state index in [4.69, 9.17) is 18.3 Å². The SMILES string of the molecule is CCCOC1([Si](CC)(OC)OC)OC1C. The Labute approximate surface area is 93.1 Å². The summed E-state index contributed by atoms with van der Waals surface area (Å²) in [6.07, 6.45) is 1.05. The molecule has 5 heteroatoms. The monoisotopic (exact) mass is 234 g/mol. The first-order valence-corrected chi connectivity index (χ1v) is 7.56. The van der Waals surface area contributed by atoms with E-state index >= 15 is 0 Å². The van der Waals surface area contributed by atoms with Crippen LogP contribution in [-0.2, 0) is 18.3 Å². The van der Waals surface area contributed by atoms with Gasteiger partial charge in [0.1, 0.15) is 6.10 Å². The van der Waals surface area contributed by atoms with Crippen LogP contribution in [0.25, 0.3) is 0 Å². The van der Waals surface area contributed by atoms with Crippen LogP contribution in [0.3, 0.4) is 0 Å². The maximum absolute atomic E-state index is 5.83. The molecule has 1 heterocycles. The average molecular weight is 234 g/mol. The third-order valence-corrected chi connectivity index (χ3v) is 6.99. The zero-order valence-electron chi connectivity index (χ0n) is 10.3. The lowest BCUT2D eigenvalue weighted by molar-refractivity contribution is -0.0245. The first-order chi connectivity index (χ1) is 7.12. The molecule has 0 aromatic rings. The van der Waals surface area contributed by atoms with Crippen molar-refractivity contribution in [2.24, 2.45) is 0 Å². The molecule has 0 aliphatic carbocycles. The van der Waals surface area contributed by atoms with Crippen LogP contribution in [0, 0.1) is 0 Å². The quantitative estimate of drug-likeness (QED) is 0.497. The van der Waals surface area contributed by atoms with Crippen molar-refractivity contribution in [3.63, 3.8) is 0 Å². The zero-order valence-corrected chi connectivity index (χ0v) is 11.3. The van der Waals surface area contributed by atoms with Gasteiger partial charge in [-0.25, -0.2) is 0 Å². The molecule has 90 valence electrons. The maximum Gasteiger partial charge on any atom is 0.402 e. The fourth-order valence-electron chi connectivity index (χ4n) is 2.05. The Hall–Kier alpha value is 0.0569. The molecule has 4 nitrogen and oxygen atoms in total. The molecule has 1 aliphatic rings. The molecule has 1 rings (SSSR count). The molecular formula is C10H22O4Si. The van der Waals surface area contributed by atoms with Crippen molar-refractivity contribution in [1.82, 2.24) is 0 Å². The molecule has 0 aromatic carbocycles. The molecule has 0 amide bonds. The molecule has 1 fully saturated rings. The zero-order chi connectivity index (χ0) is 11.5. The van der Waals surface area contributed by atoms with E-state index in [9.17, 15) is 0 Å². The highest BCUT2D eigenvalue weighted by Crippen LogP contribution is 2.47. The van der Waals surface area contributed by atoms with Gasteiger partial charge in [0, 0.05) is 20.8 Å². The minimum Gasteiger partial charge on any atom is -0.395 e. The Kier molecular flexibility index (Phi) is 4.31. The molecule has 2 unspecified atom stereocenters. The summed E-state index contributed by atoms with van der Waals surface area (Å²) in [7, 11) is 0.992. The summed E-state index contributed by atoms with van der Waals surface area (Å²) in [5, 5.41) is 0. The third-order valence-electron chi connectivity index (χ3n) is 3.01. The normalized spacial score (nSPS) is 30.6. The van der Waals surface area contributed by atoms with Crippen molar-refractivity contribution in [1.29, 1.82) is 0 Å². The van der Waals surface area contributed by atoms with E-state index in [0.717, 1.165) is 12.5 Å². The predicted molar refractivity (Wildman–Crippen MR) is 59.8 cm³/mol. The summed E-state index contributed by atoms with van der Waals surface area (Å²) < 4.78 is 22.7. The van der Waals surface area contributed by atoms with Crippen molar-refractivity contribution >= 4 is 8.56 Å². The van der Waals surface area contributed by atoms with Gasteiger partial charge in [-0.15, -0.1) is 0 Å². The molecule has 0 aromatic heterocycles. The van der Waals surface area contributed by atoms with Crippen LogP contribution in [0.4, 0.5) is 0 Å². The Morgan fingerprint density at radius 3 is 2.07 bits per heavy atom. The molecule has 15 heavy (non-hydrogen) atoms. The molecule has 0 spiro atoms. The fourth-order valence-corrected chi connectivity index (χ4v) is 5.15. The lowest BCUT2D eigenvalue weighted by Gasteiger charge is -2.32. The van der Waals surface area contributed by atoms with Crippen molar-refractivity contribution in [2.45, 2.75) is 44.8 Å². The maximum atomic E-state index is 5.83. The van der Waals surface area contributed by atoms with E-state index in [1.165, 1.54) is 0 Å². The van der Waals surface area contributed by atoms with Crippen molar-refractivity contribution < 1.29 is 18.3 Å². The molecule has 1 aliphatic heterocycles. The van der Waals surface area contributed by atoms with Crippen molar-refractivity contribution in [3.05, 3.63) is 0 Å². The highest BCUT2D eigenvalue weighted by molar-refractivity contribution is 6.70. The number of epoxide rings is 1. The van der Waals surface area contributed by atoms with E-state index in [1.54, 1.807) is 14.2 Å². The Balaban J connectivity index is 2.79. The predicted octanol–water partition coefficient (Wildman–Crippen LogP) is 1.82. The fraction of sp³-hybridized carbons (Fsp3) is 1.00.